The molecule has 0 saturated heterocycles. The highest BCUT2D eigenvalue weighted by Gasteiger charge is 2.21. The number of ether oxygens (including phenoxy) is 1. The summed E-state index contributed by atoms with van der Waals surface area (Å²) in [5.74, 6) is 0.696. The highest BCUT2D eigenvalue weighted by molar-refractivity contribution is 4.77. The molecule has 0 aliphatic heterocycles. The van der Waals surface area contributed by atoms with Crippen molar-refractivity contribution in [3.05, 3.63) is 0 Å². The Morgan fingerprint density at radius 1 is 1.33 bits per heavy atom. The van der Waals surface area contributed by atoms with Gasteiger partial charge in [0.05, 0.1) is 5.60 Å². The van der Waals surface area contributed by atoms with E-state index >= 15 is 0 Å². The van der Waals surface area contributed by atoms with Gasteiger partial charge in [0.1, 0.15) is 0 Å². The fourth-order valence-electron chi connectivity index (χ4n) is 1.35. The standard InChI is InChI=1S/C12H27NO2/c1-4-12(14,10-13)7-5-8-15-9-6-11(2)3/h11,14H,4-10,13H2,1-3H3. The molecule has 15 heavy (non-hydrogen) atoms. The molecule has 0 aromatic carbocycles. The minimum atomic E-state index is -0.679. The van der Waals surface area contributed by atoms with Crippen LogP contribution in [0.5, 0.6) is 0 Å². The van der Waals surface area contributed by atoms with Crippen molar-refractivity contribution < 1.29 is 9.84 Å². The van der Waals surface area contributed by atoms with Crippen molar-refractivity contribution in [2.24, 2.45) is 11.7 Å². The van der Waals surface area contributed by atoms with Crippen molar-refractivity contribution in [1.29, 1.82) is 0 Å². The summed E-state index contributed by atoms with van der Waals surface area (Å²) < 4.78 is 5.48. The topological polar surface area (TPSA) is 55.5 Å². The van der Waals surface area contributed by atoms with Gasteiger partial charge in [-0.05, 0) is 31.6 Å². The predicted molar refractivity (Wildman–Crippen MR) is 63.8 cm³/mol. The van der Waals surface area contributed by atoms with Crippen molar-refractivity contribution in [3.8, 4) is 0 Å². The van der Waals surface area contributed by atoms with Gasteiger partial charge in [0.15, 0.2) is 0 Å². The third-order valence-electron chi connectivity index (χ3n) is 2.81. The summed E-state index contributed by atoms with van der Waals surface area (Å²) in [5.41, 5.74) is 4.83. The van der Waals surface area contributed by atoms with Gasteiger partial charge in [0, 0.05) is 19.8 Å². The van der Waals surface area contributed by atoms with Crippen LogP contribution >= 0.6 is 0 Å². The number of nitrogens with two attached hydrogens (primary N) is 1. The zero-order valence-electron chi connectivity index (χ0n) is 10.5. The number of rotatable bonds is 9. The second kappa shape index (κ2) is 8.08. The Balaban J connectivity index is 3.37. The second-order valence-electron chi connectivity index (χ2n) is 4.68. The third-order valence-corrected chi connectivity index (χ3v) is 2.81. The Kier molecular flexibility index (Phi) is 8.02. The van der Waals surface area contributed by atoms with Crippen molar-refractivity contribution in [2.45, 2.75) is 52.1 Å². The minimum absolute atomic E-state index is 0.343. The molecule has 0 bridgehead atoms. The molecule has 0 fully saturated rings. The summed E-state index contributed by atoms with van der Waals surface area (Å²) in [5, 5.41) is 9.89. The Labute approximate surface area is 94.0 Å². The zero-order chi connectivity index (χ0) is 11.7. The van der Waals surface area contributed by atoms with E-state index in [-0.39, 0.29) is 0 Å². The largest absolute Gasteiger partial charge is 0.389 e. The fraction of sp³-hybridized carbons (Fsp3) is 1.00. The van der Waals surface area contributed by atoms with E-state index in [0.717, 1.165) is 38.9 Å². The van der Waals surface area contributed by atoms with Crippen LogP contribution in [0.3, 0.4) is 0 Å². The number of hydrogen-bond donors (Lipinski definition) is 2. The van der Waals surface area contributed by atoms with Crippen molar-refractivity contribution in [3.63, 3.8) is 0 Å². The molecule has 0 aromatic heterocycles. The molecule has 0 spiro atoms. The summed E-state index contributed by atoms with van der Waals surface area (Å²) >= 11 is 0. The van der Waals surface area contributed by atoms with Crippen molar-refractivity contribution >= 4 is 0 Å². The lowest BCUT2D eigenvalue weighted by Crippen LogP contribution is -2.37. The molecule has 3 nitrogen and oxygen atoms in total. The van der Waals surface area contributed by atoms with Gasteiger partial charge in [-0.15, -0.1) is 0 Å². The van der Waals surface area contributed by atoms with Crippen LogP contribution in [0.25, 0.3) is 0 Å². The SMILES string of the molecule is CCC(O)(CN)CCCOCCC(C)C. The molecule has 1 atom stereocenters. The van der Waals surface area contributed by atoms with E-state index in [1.807, 2.05) is 6.92 Å². The molecule has 0 saturated carbocycles. The van der Waals surface area contributed by atoms with Crippen molar-refractivity contribution in [1.82, 2.24) is 0 Å². The summed E-state index contributed by atoms with van der Waals surface area (Å²) in [6.45, 7) is 8.24. The summed E-state index contributed by atoms with van der Waals surface area (Å²) in [6, 6.07) is 0. The molecule has 0 rings (SSSR count). The monoisotopic (exact) mass is 217 g/mol. The second-order valence-corrected chi connectivity index (χ2v) is 4.68. The maximum absolute atomic E-state index is 9.89. The summed E-state index contributed by atoms with van der Waals surface area (Å²) in [6.07, 6.45) is 3.45. The average molecular weight is 217 g/mol. The summed E-state index contributed by atoms with van der Waals surface area (Å²) in [4.78, 5) is 0. The molecule has 0 heterocycles. The molecular weight excluding hydrogens is 190 g/mol. The lowest BCUT2D eigenvalue weighted by atomic mass is 9.95. The first kappa shape index (κ1) is 14.9. The van der Waals surface area contributed by atoms with Gasteiger partial charge in [-0.1, -0.05) is 20.8 Å². The van der Waals surface area contributed by atoms with Crippen LogP contribution in [0.4, 0.5) is 0 Å². The van der Waals surface area contributed by atoms with Crippen LogP contribution in [0.2, 0.25) is 0 Å². The van der Waals surface area contributed by atoms with E-state index in [4.69, 9.17) is 10.5 Å². The van der Waals surface area contributed by atoms with Crippen molar-refractivity contribution in [2.75, 3.05) is 19.8 Å². The molecule has 0 aliphatic rings. The zero-order valence-corrected chi connectivity index (χ0v) is 10.5. The first-order valence-electron chi connectivity index (χ1n) is 6.04. The van der Waals surface area contributed by atoms with Gasteiger partial charge in [-0.2, -0.15) is 0 Å². The van der Waals surface area contributed by atoms with E-state index in [1.165, 1.54) is 0 Å². The molecule has 92 valence electrons. The van der Waals surface area contributed by atoms with Gasteiger partial charge in [0.25, 0.3) is 0 Å². The van der Waals surface area contributed by atoms with E-state index in [1.54, 1.807) is 0 Å². The van der Waals surface area contributed by atoms with Gasteiger partial charge < -0.3 is 15.6 Å². The Hall–Kier alpha value is -0.120. The third kappa shape index (κ3) is 7.77. The van der Waals surface area contributed by atoms with Crippen LogP contribution in [0, 0.1) is 5.92 Å². The lowest BCUT2D eigenvalue weighted by molar-refractivity contribution is 0.0228. The molecule has 3 N–H and O–H groups in total. The van der Waals surface area contributed by atoms with Gasteiger partial charge >= 0.3 is 0 Å². The molecular formula is C12H27NO2. The highest BCUT2D eigenvalue weighted by Crippen LogP contribution is 2.15. The normalized spacial score (nSPS) is 15.6. The van der Waals surface area contributed by atoms with Crippen LogP contribution in [0.15, 0.2) is 0 Å². The van der Waals surface area contributed by atoms with Crippen LogP contribution in [-0.4, -0.2) is 30.5 Å². The Morgan fingerprint density at radius 2 is 2.00 bits per heavy atom. The average Bonchev–Trinajstić information content (AvgIpc) is 2.22. The highest BCUT2D eigenvalue weighted by atomic mass is 16.5. The smallest absolute Gasteiger partial charge is 0.0767 e. The Morgan fingerprint density at radius 3 is 2.47 bits per heavy atom. The van der Waals surface area contributed by atoms with E-state index in [2.05, 4.69) is 13.8 Å². The molecule has 0 amide bonds. The molecule has 0 aromatic rings. The molecule has 3 heteroatoms. The number of hydrogen-bond acceptors (Lipinski definition) is 3. The fourth-order valence-corrected chi connectivity index (χ4v) is 1.35. The molecule has 0 radical (unpaired) electrons. The van der Waals surface area contributed by atoms with E-state index in [0.29, 0.717) is 12.5 Å². The van der Waals surface area contributed by atoms with Gasteiger partial charge in [-0.3, -0.25) is 0 Å². The maximum atomic E-state index is 9.89. The predicted octanol–water partition coefficient (Wildman–Crippen LogP) is 1.93. The van der Waals surface area contributed by atoms with E-state index in [9.17, 15) is 5.11 Å². The van der Waals surface area contributed by atoms with Crippen LogP contribution in [0.1, 0.15) is 46.5 Å². The first-order chi connectivity index (χ1) is 7.04. The van der Waals surface area contributed by atoms with Crippen LogP contribution < -0.4 is 5.73 Å². The maximum Gasteiger partial charge on any atom is 0.0767 e. The van der Waals surface area contributed by atoms with Crippen LogP contribution in [-0.2, 0) is 4.74 Å². The summed E-state index contributed by atoms with van der Waals surface area (Å²) in [7, 11) is 0. The lowest BCUT2D eigenvalue weighted by Gasteiger charge is -2.24. The first-order valence-corrected chi connectivity index (χ1v) is 6.04. The van der Waals surface area contributed by atoms with Gasteiger partial charge in [0.2, 0.25) is 0 Å². The quantitative estimate of drug-likeness (QED) is 0.580. The minimum Gasteiger partial charge on any atom is -0.389 e. The van der Waals surface area contributed by atoms with Gasteiger partial charge in [-0.25, -0.2) is 0 Å². The number of aliphatic hydroxyl groups is 1. The Bertz CT molecular complexity index is 145. The van der Waals surface area contributed by atoms with E-state index < -0.39 is 5.60 Å². The molecule has 1 unspecified atom stereocenters. The molecule has 0 aliphatic carbocycles.